The second kappa shape index (κ2) is 6.22. The van der Waals surface area contributed by atoms with Crippen LogP contribution in [0, 0.1) is 0 Å². The number of nitrogens with two attached hydrogens (primary N) is 1. The van der Waals surface area contributed by atoms with Crippen LogP contribution in [0.25, 0.3) is 0 Å². The molecule has 2 nitrogen and oxygen atoms in total. The van der Waals surface area contributed by atoms with Crippen LogP contribution in [0.3, 0.4) is 0 Å². The third-order valence-electron chi connectivity index (χ3n) is 3.20. The molecule has 94 valence electrons. The van der Waals surface area contributed by atoms with Crippen LogP contribution in [-0.2, 0) is 6.54 Å². The summed E-state index contributed by atoms with van der Waals surface area (Å²) in [6.07, 6.45) is 1.07. The molecule has 2 heteroatoms. The van der Waals surface area contributed by atoms with Crippen molar-refractivity contribution in [1.82, 2.24) is 5.32 Å². The molecule has 1 unspecified atom stereocenters. The fourth-order valence-corrected chi connectivity index (χ4v) is 2.11. The van der Waals surface area contributed by atoms with E-state index in [-0.39, 0.29) is 0 Å². The van der Waals surface area contributed by atoms with Gasteiger partial charge in [-0.2, -0.15) is 0 Å². The lowest BCUT2D eigenvalue weighted by molar-refractivity contribution is 0.519. The maximum absolute atomic E-state index is 5.95. The predicted octanol–water partition coefficient (Wildman–Crippen LogP) is 3.51. The van der Waals surface area contributed by atoms with Crippen molar-refractivity contribution in [2.45, 2.75) is 25.9 Å². The third kappa shape index (κ3) is 3.11. The molecule has 2 aromatic rings. The Morgan fingerprint density at radius 1 is 1.00 bits per heavy atom. The second-order valence-electron chi connectivity index (χ2n) is 4.45. The summed E-state index contributed by atoms with van der Waals surface area (Å²) >= 11 is 0. The molecule has 0 saturated heterocycles. The van der Waals surface area contributed by atoms with Gasteiger partial charge in [0.05, 0.1) is 0 Å². The maximum atomic E-state index is 5.95. The Morgan fingerprint density at radius 3 is 2.33 bits per heavy atom. The highest BCUT2D eigenvalue weighted by Gasteiger charge is 2.08. The van der Waals surface area contributed by atoms with Crippen molar-refractivity contribution in [3.63, 3.8) is 0 Å². The van der Waals surface area contributed by atoms with E-state index in [4.69, 9.17) is 5.73 Å². The van der Waals surface area contributed by atoms with Crippen molar-refractivity contribution < 1.29 is 0 Å². The average Bonchev–Trinajstić information content (AvgIpc) is 2.42. The van der Waals surface area contributed by atoms with Crippen molar-refractivity contribution in [3.8, 4) is 0 Å². The molecule has 18 heavy (non-hydrogen) atoms. The number of anilines is 1. The van der Waals surface area contributed by atoms with E-state index in [0.29, 0.717) is 6.04 Å². The Labute approximate surface area is 109 Å². The lowest BCUT2D eigenvalue weighted by Gasteiger charge is -2.18. The van der Waals surface area contributed by atoms with Gasteiger partial charge in [-0.25, -0.2) is 0 Å². The van der Waals surface area contributed by atoms with Gasteiger partial charge >= 0.3 is 0 Å². The molecule has 2 aromatic carbocycles. The van der Waals surface area contributed by atoms with Gasteiger partial charge in [0, 0.05) is 18.3 Å². The highest BCUT2D eigenvalue weighted by molar-refractivity contribution is 5.46. The van der Waals surface area contributed by atoms with Gasteiger partial charge in [-0.1, -0.05) is 55.5 Å². The molecule has 0 fully saturated rings. The number of para-hydroxylation sites is 1. The summed E-state index contributed by atoms with van der Waals surface area (Å²) in [4.78, 5) is 0. The zero-order valence-electron chi connectivity index (χ0n) is 10.8. The molecule has 3 N–H and O–H groups in total. The van der Waals surface area contributed by atoms with E-state index >= 15 is 0 Å². The fraction of sp³-hybridized carbons (Fsp3) is 0.250. The summed E-state index contributed by atoms with van der Waals surface area (Å²) in [5, 5.41) is 3.56. The first-order valence-electron chi connectivity index (χ1n) is 6.43. The SMILES string of the molecule is CCC(NCc1ccccc1N)c1ccccc1. The van der Waals surface area contributed by atoms with Gasteiger partial charge in [0.2, 0.25) is 0 Å². The minimum Gasteiger partial charge on any atom is -0.398 e. The molecule has 1 atom stereocenters. The number of hydrogen-bond donors (Lipinski definition) is 2. The summed E-state index contributed by atoms with van der Waals surface area (Å²) in [7, 11) is 0. The van der Waals surface area contributed by atoms with E-state index in [1.165, 1.54) is 5.56 Å². The largest absolute Gasteiger partial charge is 0.398 e. The molecule has 2 rings (SSSR count). The third-order valence-corrected chi connectivity index (χ3v) is 3.20. The summed E-state index contributed by atoms with van der Waals surface area (Å²) in [5.41, 5.74) is 9.29. The number of nitrogen functional groups attached to an aromatic ring is 1. The Morgan fingerprint density at radius 2 is 1.67 bits per heavy atom. The minimum atomic E-state index is 0.380. The van der Waals surface area contributed by atoms with Crippen LogP contribution in [0.5, 0.6) is 0 Å². The number of hydrogen-bond acceptors (Lipinski definition) is 2. The van der Waals surface area contributed by atoms with Crippen molar-refractivity contribution in [2.24, 2.45) is 0 Å². The van der Waals surface area contributed by atoms with Gasteiger partial charge in [0.15, 0.2) is 0 Å². The summed E-state index contributed by atoms with van der Waals surface area (Å²) in [6, 6.07) is 18.9. The van der Waals surface area contributed by atoms with Gasteiger partial charge in [-0.05, 0) is 23.6 Å². The van der Waals surface area contributed by atoms with E-state index in [1.54, 1.807) is 0 Å². The first-order valence-corrected chi connectivity index (χ1v) is 6.43. The lowest BCUT2D eigenvalue weighted by Crippen LogP contribution is -2.20. The van der Waals surface area contributed by atoms with Gasteiger partial charge in [-0.15, -0.1) is 0 Å². The number of nitrogens with one attached hydrogen (secondary N) is 1. The fourth-order valence-electron chi connectivity index (χ4n) is 2.11. The Balaban J connectivity index is 2.02. The smallest absolute Gasteiger partial charge is 0.0359 e. The lowest BCUT2D eigenvalue weighted by atomic mass is 10.0. The molecule has 0 bridgehead atoms. The first-order chi connectivity index (χ1) is 8.81. The molecular weight excluding hydrogens is 220 g/mol. The van der Waals surface area contributed by atoms with Gasteiger partial charge in [0.25, 0.3) is 0 Å². The van der Waals surface area contributed by atoms with Gasteiger partial charge < -0.3 is 11.1 Å². The summed E-state index contributed by atoms with van der Waals surface area (Å²) < 4.78 is 0. The molecular formula is C16H20N2. The molecule has 0 aliphatic rings. The Hall–Kier alpha value is -1.80. The van der Waals surface area contributed by atoms with E-state index in [1.807, 2.05) is 24.3 Å². The van der Waals surface area contributed by atoms with Gasteiger partial charge in [0.1, 0.15) is 0 Å². The molecule has 0 amide bonds. The number of rotatable bonds is 5. The van der Waals surface area contributed by atoms with Crippen LogP contribution in [0.15, 0.2) is 54.6 Å². The summed E-state index contributed by atoms with van der Waals surface area (Å²) in [6.45, 7) is 3.00. The highest BCUT2D eigenvalue weighted by Crippen LogP contribution is 2.18. The molecule has 0 saturated carbocycles. The molecule has 0 aliphatic heterocycles. The molecule has 0 heterocycles. The zero-order chi connectivity index (χ0) is 12.8. The standard InChI is InChI=1S/C16H20N2/c1-2-16(13-8-4-3-5-9-13)18-12-14-10-6-7-11-15(14)17/h3-11,16,18H,2,12,17H2,1H3. The summed E-state index contributed by atoms with van der Waals surface area (Å²) in [5.74, 6) is 0. The number of benzene rings is 2. The molecule has 0 aromatic heterocycles. The monoisotopic (exact) mass is 240 g/mol. The minimum absolute atomic E-state index is 0.380. The van der Waals surface area contributed by atoms with Crippen molar-refractivity contribution in [1.29, 1.82) is 0 Å². The van der Waals surface area contributed by atoms with Crippen LogP contribution in [0.1, 0.15) is 30.5 Å². The Kier molecular flexibility index (Phi) is 4.37. The van der Waals surface area contributed by atoms with Crippen molar-refractivity contribution in [2.75, 3.05) is 5.73 Å². The van der Waals surface area contributed by atoms with Crippen molar-refractivity contribution >= 4 is 5.69 Å². The van der Waals surface area contributed by atoms with Crippen LogP contribution in [0.2, 0.25) is 0 Å². The molecule has 0 spiro atoms. The van der Waals surface area contributed by atoms with Crippen LogP contribution < -0.4 is 11.1 Å². The second-order valence-corrected chi connectivity index (χ2v) is 4.45. The zero-order valence-corrected chi connectivity index (χ0v) is 10.8. The van der Waals surface area contributed by atoms with E-state index in [9.17, 15) is 0 Å². The molecule has 0 aliphatic carbocycles. The molecule has 0 radical (unpaired) electrons. The average molecular weight is 240 g/mol. The van der Waals surface area contributed by atoms with E-state index in [2.05, 4.69) is 42.6 Å². The van der Waals surface area contributed by atoms with Crippen LogP contribution in [-0.4, -0.2) is 0 Å². The van der Waals surface area contributed by atoms with E-state index < -0.39 is 0 Å². The topological polar surface area (TPSA) is 38.0 Å². The van der Waals surface area contributed by atoms with Crippen LogP contribution >= 0.6 is 0 Å². The van der Waals surface area contributed by atoms with E-state index in [0.717, 1.165) is 24.2 Å². The highest BCUT2D eigenvalue weighted by atomic mass is 14.9. The van der Waals surface area contributed by atoms with Crippen molar-refractivity contribution in [3.05, 3.63) is 65.7 Å². The quantitative estimate of drug-likeness (QED) is 0.785. The Bertz CT molecular complexity index is 479. The van der Waals surface area contributed by atoms with Crippen LogP contribution in [0.4, 0.5) is 5.69 Å². The van der Waals surface area contributed by atoms with Gasteiger partial charge in [-0.3, -0.25) is 0 Å². The first kappa shape index (κ1) is 12.7. The maximum Gasteiger partial charge on any atom is 0.0359 e. The normalized spacial score (nSPS) is 12.3. The predicted molar refractivity (Wildman–Crippen MR) is 77.2 cm³/mol.